The van der Waals surface area contributed by atoms with Crippen molar-refractivity contribution in [3.8, 4) is 0 Å². The van der Waals surface area contributed by atoms with Crippen LogP contribution in [0.15, 0.2) is 48.5 Å². The van der Waals surface area contributed by atoms with E-state index in [0.717, 1.165) is 16.5 Å². The third-order valence-corrected chi connectivity index (χ3v) is 3.98. The number of rotatable bonds is 4. The number of carbonyl (C=O) groups is 2. The van der Waals surface area contributed by atoms with Crippen molar-refractivity contribution in [2.45, 2.75) is 13.8 Å². The first kappa shape index (κ1) is 17.5. The van der Waals surface area contributed by atoms with Crippen LogP contribution in [0.3, 0.4) is 0 Å². The van der Waals surface area contributed by atoms with E-state index in [-0.39, 0.29) is 0 Å². The highest BCUT2D eigenvalue weighted by Gasteiger charge is 2.18. The standard InChI is InChI=1S/C20H17FN2O3/c1-12-16-8-3-4-9-17(16)22-13(2)19(12)20(25)26-11-18(24)23-15-7-5-6-14(21)10-15/h3-10H,11H2,1-2H3,(H,23,24). The Hall–Kier alpha value is -3.28. The Labute approximate surface area is 149 Å². The summed E-state index contributed by atoms with van der Waals surface area (Å²) in [6, 6.07) is 13.0. The molecule has 0 aliphatic heterocycles. The highest BCUT2D eigenvalue weighted by Crippen LogP contribution is 2.23. The van der Waals surface area contributed by atoms with Crippen molar-refractivity contribution in [3.05, 3.63) is 71.2 Å². The quantitative estimate of drug-likeness (QED) is 0.726. The molecule has 3 rings (SSSR count). The van der Waals surface area contributed by atoms with E-state index in [1.165, 1.54) is 18.2 Å². The second-order valence-electron chi connectivity index (χ2n) is 5.85. The van der Waals surface area contributed by atoms with Gasteiger partial charge in [-0.1, -0.05) is 24.3 Å². The monoisotopic (exact) mass is 352 g/mol. The number of hydrogen-bond acceptors (Lipinski definition) is 4. The summed E-state index contributed by atoms with van der Waals surface area (Å²) in [7, 11) is 0. The molecule has 0 atom stereocenters. The molecular formula is C20H17FN2O3. The van der Waals surface area contributed by atoms with Gasteiger partial charge in [0.15, 0.2) is 6.61 Å². The molecule has 1 aromatic heterocycles. The van der Waals surface area contributed by atoms with Crippen LogP contribution in [-0.2, 0) is 9.53 Å². The number of aryl methyl sites for hydroxylation is 2. The van der Waals surface area contributed by atoms with Gasteiger partial charge in [-0.25, -0.2) is 9.18 Å². The van der Waals surface area contributed by atoms with Gasteiger partial charge in [-0.3, -0.25) is 9.78 Å². The number of nitrogens with one attached hydrogen (secondary N) is 1. The molecule has 2 aromatic carbocycles. The second kappa shape index (κ2) is 7.31. The molecule has 0 saturated carbocycles. The van der Waals surface area contributed by atoms with Gasteiger partial charge in [0, 0.05) is 11.1 Å². The number of anilines is 1. The predicted molar refractivity (Wildman–Crippen MR) is 96.5 cm³/mol. The van der Waals surface area contributed by atoms with Crippen molar-refractivity contribution in [2.75, 3.05) is 11.9 Å². The number of carbonyl (C=O) groups excluding carboxylic acids is 2. The highest BCUT2D eigenvalue weighted by atomic mass is 19.1. The molecule has 6 heteroatoms. The number of benzene rings is 2. The number of nitrogens with zero attached hydrogens (tertiary/aromatic N) is 1. The molecule has 5 nitrogen and oxygen atoms in total. The van der Waals surface area contributed by atoms with Crippen LogP contribution >= 0.6 is 0 Å². The number of halogens is 1. The van der Waals surface area contributed by atoms with Crippen molar-refractivity contribution >= 4 is 28.5 Å². The summed E-state index contributed by atoms with van der Waals surface area (Å²) in [5.41, 5.74) is 2.73. The topological polar surface area (TPSA) is 68.3 Å². The summed E-state index contributed by atoms with van der Waals surface area (Å²) in [4.78, 5) is 28.8. The molecule has 0 aliphatic carbocycles. The van der Waals surface area contributed by atoms with Crippen LogP contribution < -0.4 is 5.32 Å². The van der Waals surface area contributed by atoms with E-state index in [0.29, 0.717) is 16.9 Å². The molecule has 0 spiro atoms. The van der Waals surface area contributed by atoms with Gasteiger partial charge in [0.2, 0.25) is 0 Å². The first-order chi connectivity index (χ1) is 12.5. The van der Waals surface area contributed by atoms with Crippen LogP contribution in [0, 0.1) is 19.7 Å². The SMILES string of the molecule is Cc1nc2ccccc2c(C)c1C(=O)OCC(=O)Nc1cccc(F)c1. The van der Waals surface area contributed by atoms with Crippen LogP contribution in [0.25, 0.3) is 10.9 Å². The molecule has 0 aliphatic rings. The molecule has 132 valence electrons. The Morgan fingerprint density at radius 2 is 1.88 bits per heavy atom. The van der Waals surface area contributed by atoms with Gasteiger partial charge < -0.3 is 10.1 Å². The van der Waals surface area contributed by atoms with Crippen LogP contribution in [0.4, 0.5) is 10.1 Å². The van der Waals surface area contributed by atoms with Crippen molar-refractivity contribution < 1.29 is 18.7 Å². The lowest BCUT2D eigenvalue weighted by atomic mass is 10.0. The van der Waals surface area contributed by atoms with E-state index in [9.17, 15) is 14.0 Å². The number of pyridine rings is 1. The fraction of sp³-hybridized carbons (Fsp3) is 0.150. The fourth-order valence-electron chi connectivity index (χ4n) is 2.80. The summed E-state index contributed by atoms with van der Waals surface area (Å²) < 4.78 is 18.2. The average Bonchev–Trinajstić information content (AvgIpc) is 2.60. The van der Waals surface area contributed by atoms with Crippen LogP contribution in [0.1, 0.15) is 21.6 Å². The summed E-state index contributed by atoms with van der Waals surface area (Å²) in [5.74, 6) is -1.63. The number of ether oxygens (including phenoxy) is 1. The minimum atomic E-state index is -0.618. The zero-order chi connectivity index (χ0) is 18.7. The largest absolute Gasteiger partial charge is 0.452 e. The minimum absolute atomic E-state index is 0.297. The third kappa shape index (κ3) is 3.69. The van der Waals surface area contributed by atoms with Crippen molar-refractivity contribution in [2.24, 2.45) is 0 Å². The molecule has 1 amide bonds. The van der Waals surface area contributed by atoms with E-state index in [4.69, 9.17) is 4.74 Å². The van der Waals surface area contributed by atoms with Crippen LogP contribution in [-0.4, -0.2) is 23.5 Å². The first-order valence-electron chi connectivity index (χ1n) is 8.04. The number of esters is 1. The third-order valence-electron chi connectivity index (χ3n) is 3.98. The molecule has 0 unspecified atom stereocenters. The molecule has 0 radical (unpaired) electrons. The number of amides is 1. The first-order valence-corrected chi connectivity index (χ1v) is 8.04. The molecule has 26 heavy (non-hydrogen) atoms. The summed E-state index contributed by atoms with van der Waals surface area (Å²) >= 11 is 0. The van der Waals surface area contributed by atoms with E-state index >= 15 is 0 Å². The van der Waals surface area contributed by atoms with Gasteiger partial charge in [-0.05, 0) is 43.7 Å². The normalized spacial score (nSPS) is 10.6. The van der Waals surface area contributed by atoms with E-state index in [1.807, 2.05) is 31.2 Å². The van der Waals surface area contributed by atoms with Gasteiger partial charge in [-0.15, -0.1) is 0 Å². The Kier molecular flexibility index (Phi) is 4.93. The maximum absolute atomic E-state index is 13.1. The number of hydrogen-bond donors (Lipinski definition) is 1. The lowest BCUT2D eigenvalue weighted by molar-refractivity contribution is -0.119. The zero-order valence-corrected chi connectivity index (χ0v) is 14.4. The van der Waals surface area contributed by atoms with Gasteiger partial charge in [0.05, 0.1) is 16.8 Å². The van der Waals surface area contributed by atoms with Crippen molar-refractivity contribution in [3.63, 3.8) is 0 Å². The Morgan fingerprint density at radius 1 is 1.12 bits per heavy atom. The maximum atomic E-state index is 13.1. The van der Waals surface area contributed by atoms with Crippen LogP contribution in [0.5, 0.6) is 0 Å². The predicted octanol–water partition coefficient (Wildman–Crippen LogP) is 3.79. The number of aromatic nitrogens is 1. The maximum Gasteiger partial charge on any atom is 0.340 e. The number of para-hydroxylation sites is 1. The lowest BCUT2D eigenvalue weighted by Gasteiger charge is -2.12. The van der Waals surface area contributed by atoms with Gasteiger partial charge in [-0.2, -0.15) is 0 Å². The molecule has 0 saturated heterocycles. The number of fused-ring (bicyclic) bond motifs is 1. The minimum Gasteiger partial charge on any atom is -0.452 e. The molecule has 0 fully saturated rings. The molecule has 1 heterocycles. The van der Waals surface area contributed by atoms with E-state index in [2.05, 4.69) is 10.3 Å². The lowest BCUT2D eigenvalue weighted by Crippen LogP contribution is -2.22. The summed E-state index contributed by atoms with van der Waals surface area (Å²) in [5, 5.41) is 3.33. The smallest absolute Gasteiger partial charge is 0.340 e. The molecule has 1 N–H and O–H groups in total. The molecule has 0 bridgehead atoms. The molecular weight excluding hydrogens is 335 g/mol. The van der Waals surface area contributed by atoms with E-state index in [1.54, 1.807) is 13.0 Å². The van der Waals surface area contributed by atoms with Crippen LogP contribution in [0.2, 0.25) is 0 Å². The van der Waals surface area contributed by atoms with E-state index < -0.39 is 24.3 Å². The van der Waals surface area contributed by atoms with Gasteiger partial charge >= 0.3 is 5.97 Å². The Balaban J connectivity index is 1.72. The summed E-state index contributed by atoms with van der Waals surface area (Å²) in [6.07, 6.45) is 0. The average molecular weight is 352 g/mol. The van der Waals surface area contributed by atoms with Gasteiger partial charge in [0.25, 0.3) is 5.91 Å². The molecule has 3 aromatic rings. The van der Waals surface area contributed by atoms with Crippen molar-refractivity contribution in [1.82, 2.24) is 4.98 Å². The van der Waals surface area contributed by atoms with Crippen molar-refractivity contribution in [1.29, 1.82) is 0 Å². The fourth-order valence-corrected chi connectivity index (χ4v) is 2.80. The second-order valence-corrected chi connectivity index (χ2v) is 5.85. The summed E-state index contributed by atoms with van der Waals surface area (Å²) in [6.45, 7) is 3.07. The highest BCUT2D eigenvalue weighted by molar-refractivity contribution is 6.00. The Bertz CT molecular complexity index is 1000. The zero-order valence-electron chi connectivity index (χ0n) is 14.4. The van der Waals surface area contributed by atoms with Gasteiger partial charge in [0.1, 0.15) is 5.82 Å². The Morgan fingerprint density at radius 3 is 2.65 bits per heavy atom.